The lowest BCUT2D eigenvalue weighted by Gasteiger charge is -2.31. The zero-order valence-corrected chi connectivity index (χ0v) is 13.9. The van der Waals surface area contributed by atoms with Gasteiger partial charge in [0.2, 0.25) is 0 Å². The van der Waals surface area contributed by atoms with E-state index in [1.54, 1.807) is 0 Å². The third-order valence-electron chi connectivity index (χ3n) is 4.52. The van der Waals surface area contributed by atoms with Gasteiger partial charge in [0, 0.05) is 25.8 Å². The van der Waals surface area contributed by atoms with Crippen LogP contribution in [0.15, 0.2) is 36.5 Å². The van der Waals surface area contributed by atoms with Crippen LogP contribution in [0.1, 0.15) is 29.5 Å². The normalized spacial score (nSPS) is 15.7. The highest BCUT2D eigenvalue weighted by molar-refractivity contribution is 5.65. The number of aliphatic hydroxyl groups is 1. The third-order valence-corrected chi connectivity index (χ3v) is 4.52. The number of hydrogen-bond acceptors (Lipinski definition) is 4. The van der Waals surface area contributed by atoms with Gasteiger partial charge in [-0.3, -0.25) is 0 Å². The van der Waals surface area contributed by atoms with Crippen molar-refractivity contribution in [1.82, 2.24) is 4.98 Å². The number of aryl methyl sites for hydroxylation is 2. The number of benzene rings is 1. The van der Waals surface area contributed by atoms with E-state index >= 15 is 0 Å². The summed E-state index contributed by atoms with van der Waals surface area (Å²) in [5.41, 5.74) is 4.97. The summed E-state index contributed by atoms with van der Waals surface area (Å²) < 4.78 is 0. The summed E-state index contributed by atoms with van der Waals surface area (Å²) in [4.78, 5) is 6.82. The van der Waals surface area contributed by atoms with Gasteiger partial charge in [0.05, 0.1) is 11.8 Å². The molecule has 0 spiro atoms. The maximum absolute atomic E-state index is 9.69. The molecule has 4 nitrogen and oxygen atoms in total. The van der Waals surface area contributed by atoms with Crippen LogP contribution in [0.5, 0.6) is 0 Å². The molecule has 23 heavy (non-hydrogen) atoms. The van der Waals surface area contributed by atoms with E-state index in [0.717, 1.165) is 44.0 Å². The SMILES string of the molecule is Cc1ccc(CNc2cccnc2N2CCC(O)CC2)c(C)c1. The highest BCUT2D eigenvalue weighted by Gasteiger charge is 2.20. The minimum atomic E-state index is -0.165. The Balaban J connectivity index is 1.73. The van der Waals surface area contributed by atoms with Gasteiger partial charge in [-0.25, -0.2) is 4.98 Å². The average Bonchev–Trinajstić information content (AvgIpc) is 2.55. The fourth-order valence-electron chi connectivity index (χ4n) is 3.10. The third kappa shape index (κ3) is 3.82. The maximum Gasteiger partial charge on any atom is 0.151 e. The number of nitrogens with one attached hydrogen (secondary N) is 1. The zero-order chi connectivity index (χ0) is 16.2. The lowest BCUT2D eigenvalue weighted by atomic mass is 10.1. The van der Waals surface area contributed by atoms with Crippen molar-refractivity contribution in [3.63, 3.8) is 0 Å². The van der Waals surface area contributed by atoms with Crippen LogP contribution in [-0.4, -0.2) is 29.3 Å². The number of hydrogen-bond donors (Lipinski definition) is 2. The van der Waals surface area contributed by atoms with Gasteiger partial charge in [0.15, 0.2) is 5.82 Å². The molecule has 0 saturated carbocycles. The highest BCUT2D eigenvalue weighted by atomic mass is 16.3. The number of rotatable bonds is 4. The summed E-state index contributed by atoms with van der Waals surface area (Å²) in [6.07, 6.45) is 3.30. The predicted octanol–water partition coefficient (Wildman–Crippen LogP) is 3.27. The number of pyridine rings is 1. The number of aromatic nitrogens is 1. The van der Waals surface area contributed by atoms with Crippen LogP contribution in [0.3, 0.4) is 0 Å². The minimum absolute atomic E-state index is 0.165. The molecule has 2 heterocycles. The largest absolute Gasteiger partial charge is 0.393 e. The fourth-order valence-corrected chi connectivity index (χ4v) is 3.10. The Morgan fingerprint density at radius 2 is 2.00 bits per heavy atom. The van der Waals surface area contributed by atoms with Crippen LogP contribution in [0, 0.1) is 13.8 Å². The Morgan fingerprint density at radius 3 is 2.74 bits per heavy atom. The Kier molecular flexibility index (Phi) is 4.82. The molecule has 0 radical (unpaired) electrons. The Bertz CT molecular complexity index is 663. The molecule has 1 aliphatic heterocycles. The summed E-state index contributed by atoms with van der Waals surface area (Å²) in [5, 5.41) is 13.2. The second kappa shape index (κ2) is 7.01. The first-order valence-corrected chi connectivity index (χ1v) is 8.31. The van der Waals surface area contributed by atoms with Crippen molar-refractivity contribution in [2.24, 2.45) is 0 Å². The average molecular weight is 311 g/mol. The Labute approximate surface area is 138 Å². The van der Waals surface area contributed by atoms with Crippen LogP contribution in [0.4, 0.5) is 11.5 Å². The lowest BCUT2D eigenvalue weighted by Crippen LogP contribution is -2.36. The molecule has 1 fully saturated rings. The second-order valence-corrected chi connectivity index (χ2v) is 6.38. The first-order chi connectivity index (χ1) is 11.1. The monoisotopic (exact) mass is 311 g/mol. The van der Waals surface area contributed by atoms with Crippen molar-refractivity contribution in [3.05, 3.63) is 53.2 Å². The molecule has 1 saturated heterocycles. The van der Waals surface area contributed by atoms with Gasteiger partial charge in [-0.1, -0.05) is 23.8 Å². The van der Waals surface area contributed by atoms with Gasteiger partial charge < -0.3 is 15.3 Å². The molecule has 0 bridgehead atoms. The van der Waals surface area contributed by atoms with E-state index < -0.39 is 0 Å². The van der Waals surface area contributed by atoms with Gasteiger partial charge >= 0.3 is 0 Å². The van der Waals surface area contributed by atoms with Crippen LogP contribution in [0.25, 0.3) is 0 Å². The molecule has 4 heteroatoms. The van der Waals surface area contributed by atoms with Crippen LogP contribution >= 0.6 is 0 Å². The highest BCUT2D eigenvalue weighted by Crippen LogP contribution is 2.26. The molecule has 0 atom stereocenters. The fraction of sp³-hybridized carbons (Fsp3) is 0.421. The maximum atomic E-state index is 9.69. The van der Waals surface area contributed by atoms with E-state index in [1.807, 2.05) is 12.3 Å². The standard InChI is InChI=1S/C19H25N3O/c1-14-5-6-16(15(2)12-14)13-21-18-4-3-9-20-19(18)22-10-7-17(23)8-11-22/h3-6,9,12,17,21,23H,7-8,10-11,13H2,1-2H3. The number of piperidine rings is 1. The molecule has 0 amide bonds. The summed E-state index contributed by atoms with van der Waals surface area (Å²) in [6, 6.07) is 10.6. The quantitative estimate of drug-likeness (QED) is 0.910. The predicted molar refractivity (Wildman–Crippen MR) is 94.9 cm³/mol. The van der Waals surface area contributed by atoms with E-state index in [2.05, 4.69) is 53.3 Å². The zero-order valence-electron chi connectivity index (χ0n) is 13.9. The van der Waals surface area contributed by atoms with Crippen molar-refractivity contribution < 1.29 is 5.11 Å². The van der Waals surface area contributed by atoms with Gasteiger partial charge in [-0.2, -0.15) is 0 Å². The number of aliphatic hydroxyl groups excluding tert-OH is 1. The van der Waals surface area contributed by atoms with Crippen LogP contribution < -0.4 is 10.2 Å². The van der Waals surface area contributed by atoms with E-state index in [-0.39, 0.29) is 6.10 Å². The minimum Gasteiger partial charge on any atom is -0.393 e. The van der Waals surface area contributed by atoms with Gasteiger partial charge in [-0.05, 0) is 49.9 Å². The van der Waals surface area contributed by atoms with Gasteiger partial charge in [-0.15, -0.1) is 0 Å². The van der Waals surface area contributed by atoms with Crippen molar-refractivity contribution in [2.75, 3.05) is 23.3 Å². The molecule has 3 rings (SSSR count). The summed E-state index contributed by atoms with van der Waals surface area (Å²) in [7, 11) is 0. The molecular formula is C19H25N3O. The molecular weight excluding hydrogens is 286 g/mol. The van der Waals surface area contributed by atoms with Gasteiger partial charge in [0.1, 0.15) is 0 Å². The molecule has 0 unspecified atom stereocenters. The molecule has 1 aromatic heterocycles. The molecule has 1 aliphatic rings. The van der Waals surface area contributed by atoms with Crippen molar-refractivity contribution in [2.45, 2.75) is 39.3 Å². The summed E-state index contributed by atoms with van der Waals surface area (Å²) >= 11 is 0. The summed E-state index contributed by atoms with van der Waals surface area (Å²) in [6.45, 7) is 6.78. The first-order valence-electron chi connectivity index (χ1n) is 8.31. The van der Waals surface area contributed by atoms with Crippen LogP contribution in [0.2, 0.25) is 0 Å². The molecule has 122 valence electrons. The molecule has 2 N–H and O–H groups in total. The van der Waals surface area contributed by atoms with Crippen molar-refractivity contribution >= 4 is 11.5 Å². The summed E-state index contributed by atoms with van der Waals surface area (Å²) in [5.74, 6) is 0.990. The van der Waals surface area contributed by atoms with Gasteiger partial charge in [0.25, 0.3) is 0 Å². The topological polar surface area (TPSA) is 48.4 Å². The molecule has 0 aliphatic carbocycles. The van der Waals surface area contributed by atoms with Crippen molar-refractivity contribution in [3.8, 4) is 0 Å². The number of nitrogens with zero attached hydrogens (tertiary/aromatic N) is 2. The second-order valence-electron chi connectivity index (χ2n) is 6.38. The van der Waals surface area contributed by atoms with E-state index in [0.29, 0.717) is 0 Å². The molecule has 1 aromatic carbocycles. The Morgan fingerprint density at radius 1 is 1.22 bits per heavy atom. The number of anilines is 2. The van der Waals surface area contributed by atoms with Crippen molar-refractivity contribution in [1.29, 1.82) is 0 Å². The van der Waals surface area contributed by atoms with E-state index in [4.69, 9.17) is 0 Å². The first kappa shape index (κ1) is 15.8. The Hall–Kier alpha value is -2.07. The molecule has 2 aromatic rings. The smallest absolute Gasteiger partial charge is 0.151 e. The van der Waals surface area contributed by atoms with E-state index in [1.165, 1.54) is 16.7 Å². The van der Waals surface area contributed by atoms with Crippen LogP contribution in [-0.2, 0) is 6.54 Å². The lowest BCUT2D eigenvalue weighted by molar-refractivity contribution is 0.145. The van der Waals surface area contributed by atoms with E-state index in [9.17, 15) is 5.11 Å².